The maximum Gasteiger partial charge on any atom is 0.330 e. The Morgan fingerprint density at radius 3 is 1.67 bits per heavy atom. The first-order valence-corrected chi connectivity index (χ1v) is 8.22. The van der Waals surface area contributed by atoms with Crippen molar-refractivity contribution in [2.45, 2.75) is 58.3 Å². The first-order chi connectivity index (χ1) is 11.4. The number of hydrogen-bond donors (Lipinski definition) is 1. The molecule has 0 bridgehead atoms. The van der Waals surface area contributed by atoms with Gasteiger partial charge in [0.25, 0.3) is 0 Å². The van der Waals surface area contributed by atoms with Gasteiger partial charge in [0, 0.05) is 37.8 Å². The molecule has 0 aliphatic heterocycles. The number of carbonyl (C=O) groups excluding carboxylic acids is 3. The monoisotopic (exact) mass is 336 g/mol. The minimum atomic E-state index is -0.908. The third-order valence-electron chi connectivity index (χ3n) is 3.84. The van der Waals surface area contributed by atoms with Crippen LogP contribution in [0.2, 0.25) is 0 Å². The van der Waals surface area contributed by atoms with Crippen molar-refractivity contribution < 1.29 is 29.0 Å². The van der Waals surface area contributed by atoms with Crippen LogP contribution in [0.4, 0.5) is 0 Å². The highest BCUT2D eigenvalue weighted by molar-refractivity contribution is 5.85. The van der Waals surface area contributed by atoms with Crippen LogP contribution in [0.15, 0.2) is 23.3 Å². The summed E-state index contributed by atoms with van der Waals surface area (Å²) < 4.78 is 4.77. The molecule has 0 unspecified atom stereocenters. The average molecular weight is 336 g/mol. The van der Waals surface area contributed by atoms with Gasteiger partial charge in [-0.25, -0.2) is 9.59 Å². The number of rotatable bonds is 3. The lowest BCUT2D eigenvalue weighted by Crippen LogP contribution is -2.08. The molecule has 6 heteroatoms. The summed E-state index contributed by atoms with van der Waals surface area (Å²) in [4.78, 5) is 42.8. The van der Waals surface area contributed by atoms with Gasteiger partial charge in [-0.3, -0.25) is 9.59 Å². The largest absolute Gasteiger partial charge is 0.478 e. The molecule has 2 aliphatic rings. The summed E-state index contributed by atoms with van der Waals surface area (Å²) >= 11 is 0. The minimum Gasteiger partial charge on any atom is -0.478 e. The summed E-state index contributed by atoms with van der Waals surface area (Å²) in [5.74, 6) is -0.658. The smallest absolute Gasteiger partial charge is 0.330 e. The lowest BCUT2D eigenvalue weighted by atomic mass is 9.94. The molecule has 0 amide bonds. The van der Waals surface area contributed by atoms with Gasteiger partial charge in [-0.1, -0.05) is 11.1 Å². The summed E-state index contributed by atoms with van der Waals surface area (Å²) in [5.41, 5.74) is 1.93. The molecular formula is C18H24O6. The molecule has 2 fully saturated rings. The van der Waals surface area contributed by atoms with Gasteiger partial charge in [-0.15, -0.1) is 0 Å². The number of ether oxygens (including phenoxy) is 1. The molecule has 2 rings (SSSR count). The van der Waals surface area contributed by atoms with E-state index in [4.69, 9.17) is 9.84 Å². The average Bonchev–Trinajstić information content (AvgIpc) is 2.52. The number of carboxylic acid groups (broad SMARTS) is 1. The standard InChI is InChI=1S/C10H14O3.C8H10O3/c1-2-13-10(12)7-8-3-5-9(11)6-4-8;9-7-3-1-6(2-4-7)5-8(10)11/h7H,2-6H2,1H3;5H,1-4H2,(H,10,11). The van der Waals surface area contributed by atoms with Crippen LogP contribution < -0.4 is 0 Å². The number of hydrogen-bond acceptors (Lipinski definition) is 5. The molecule has 0 heterocycles. The molecule has 2 saturated carbocycles. The number of carboxylic acids is 1. The van der Waals surface area contributed by atoms with Crippen molar-refractivity contribution in [2.75, 3.05) is 6.61 Å². The van der Waals surface area contributed by atoms with Crippen LogP contribution in [0.25, 0.3) is 0 Å². The molecule has 0 atom stereocenters. The van der Waals surface area contributed by atoms with Gasteiger partial charge in [0.1, 0.15) is 11.6 Å². The quantitative estimate of drug-likeness (QED) is 0.628. The molecule has 0 saturated heterocycles. The van der Waals surface area contributed by atoms with Crippen molar-refractivity contribution in [3.63, 3.8) is 0 Å². The molecule has 6 nitrogen and oxygen atoms in total. The second-order valence-corrected chi connectivity index (χ2v) is 5.77. The molecule has 0 aromatic rings. The summed E-state index contributed by atoms with van der Waals surface area (Å²) in [6, 6.07) is 0. The van der Waals surface area contributed by atoms with Gasteiger partial charge in [-0.05, 0) is 32.6 Å². The number of ketones is 2. The van der Waals surface area contributed by atoms with E-state index in [0.717, 1.165) is 24.0 Å². The van der Waals surface area contributed by atoms with Gasteiger partial charge in [-0.2, -0.15) is 0 Å². The molecule has 0 aromatic heterocycles. The van der Waals surface area contributed by atoms with E-state index in [2.05, 4.69) is 0 Å². The normalized spacial score (nSPS) is 17.5. The highest BCUT2D eigenvalue weighted by atomic mass is 16.5. The van der Waals surface area contributed by atoms with Crippen molar-refractivity contribution in [3.8, 4) is 0 Å². The fourth-order valence-electron chi connectivity index (χ4n) is 2.51. The lowest BCUT2D eigenvalue weighted by molar-refractivity contribution is -0.137. The summed E-state index contributed by atoms with van der Waals surface area (Å²) in [5, 5.41) is 8.37. The zero-order valence-electron chi connectivity index (χ0n) is 14.0. The van der Waals surface area contributed by atoms with Crippen molar-refractivity contribution in [1.82, 2.24) is 0 Å². The van der Waals surface area contributed by atoms with E-state index in [1.807, 2.05) is 0 Å². The topological polar surface area (TPSA) is 97.7 Å². The van der Waals surface area contributed by atoms with Gasteiger partial charge in [0.05, 0.1) is 6.61 Å². The fourth-order valence-corrected chi connectivity index (χ4v) is 2.51. The van der Waals surface area contributed by atoms with Crippen molar-refractivity contribution >= 4 is 23.5 Å². The maximum atomic E-state index is 11.0. The maximum absolute atomic E-state index is 11.0. The minimum absolute atomic E-state index is 0.243. The molecule has 0 aromatic carbocycles. The van der Waals surface area contributed by atoms with E-state index in [1.54, 1.807) is 6.92 Å². The third kappa shape index (κ3) is 8.41. The molecule has 0 radical (unpaired) electrons. The Morgan fingerprint density at radius 2 is 1.29 bits per heavy atom. The number of carbonyl (C=O) groups is 4. The molecule has 0 spiro atoms. The van der Waals surface area contributed by atoms with Crippen LogP contribution in [0, 0.1) is 0 Å². The zero-order valence-corrected chi connectivity index (χ0v) is 14.0. The van der Waals surface area contributed by atoms with E-state index < -0.39 is 5.97 Å². The van der Waals surface area contributed by atoms with Crippen LogP contribution in [-0.2, 0) is 23.9 Å². The van der Waals surface area contributed by atoms with Crippen molar-refractivity contribution in [1.29, 1.82) is 0 Å². The number of aliphatic carboxylic acids is 1. The molecule has 2 aliphatic carbocycles. The molecular weight excluding hydrogens is 312 g/mol. The van der Waals surface area contributed by atoms with Crippen molar-refractivity contribution in [2.24, 2.45) is 0 Å². The summed E-state index contributed by atoms with van der Waals surface area (Å²) in [6.45, 7) is 2.18. The fraction of sp³-hybridized carbons (Fsp3) is 0.556. The van der Waals surface area contributed by atoms with E-state index >= 15 is 0 Å². The Bertz CT molecular complexity index is 532. The van der Waals surface area contributed by atoms with Crippen molar-refractivity contribution in [3.05, 3.63) is 23.3 Å². The zero-order chi connectivity index (χ0) is 17.9. The van der Waals surface area contributed by atoms with Crippen LogP contribution in [0.5, 0.6) is 0 Å². The van der Waals surface area contributed by atoms with Crippen LogP contribution in [0.3, 0.4) is 0 Å². The van der Waals surface area contributed by atoms with Crippen LogP contribution in [0.1, 0.15) is 58.3 Å². The summed E-state index contributed by atoms with van der Waals surface area (Å²) in [7, 11) is 0. The highest BCUT2D eigenvalue weighted by Gasteiger charge is 2.14. The summed E-state index contributed by atoms with van der Waals surface area (Å²) in [6.07, 6.45) is 7.61. The van der Waals surface area contributed by atoms with Crippen LogP contribution >= 0.6 is 0 Å². The molecule has 1 N–H and O–H groups in total. The second-order valence-electron chi connectivity index (χ2n) is 5.77. The van der Waals surface area contributed by atoms with E-state index in [-0.39, 0.29) is 11.8 Å². The van der Waals surface area contributed by atoms with E-state index in [9.17, 15) is 19.2 Å². The Labute approximate surface area is 141 Å². The van der Waals surface area contributed by atoms with Crippen LogP contribution in [-0.4, -0.2) is 35.2 Å². The Balaban J connectivity index is 0.000000243. The van der Waals surface area contributed by atoms with Gasteiger partial charge in [0.15, 0.2) is 0 Å². The predicted octanol–water partition coefficient (Wildman–Crippen LogP) is 2.76. The first-order valence-electron chi connectivity index (χ1n) is 8.22. The first kappa shape index (κ1) is 19.8. The molecule has 132 valence electrons. The lowest BCUT2D eigenvalue weighted by Gasteiger charge is -2.11. The second kappa shape index (κ2) is 10.5. The molecule has 24 heavy (non-hydrogen) atoms. The number of esters is 1. The Morgan fingerprint density at radius 1 is 0.875 bits per heavy atom. The van der Waals surface area contributed by atoms with Gasteiger partial charge < -0.3 is 9.84 Å². The number of Topliss-reactive ketones (excluding diaryl/α,β-unsaturated/α-hetero) is 2. The Kier molecular flexibility index (Phi) is 8.68. The van der Waals surface area contributed by atoms with E-state index in [0.29, 0.717) is 50.9 Å². The SMILES string of the molecule is CCOC(=O)C=C1CCC(=O)CC1.O=C(O)C=C1CCC(=O)CC1. The highest BCUT2D eigenvalue weighted by Crippen LogP contribution is 2.20. The van der Waals surface area contributed by atoms with Gasteiger partial charge in [0.2, 0.25) is 0 Å². The van der Waals surface area contributed by atoms with E-state index in [1.165, 1.54) is 12.2 Å². The van der Waals surface area contributed by atoms with Gasteiger partial charge >= 0.3 is 11.9 Å². The number of allylic oxidation sites excluding steroid dienone is 2. The predicted molar refractivity (Wildman–Crippen MR) is 87.4 cm³/mol. The third-order valence-corrected chi connectivity index (χ3v) is 3.84. The Hall–Kier alpha value is -2.24.